The maximum atomic E-state index is 6.22. The van der Waals surface area contributed by atoms with Crippen molar-refractivity contribution in [1.82, 2.24) is 0 Å². The minimum Gasteiger partial charge on any atom is -0.493 e. The molecule has 1 heterocycles. The zero-order valence-corrected chi connectivity index (χ0v) is 17.6. The van der Waals surface area contributed by atoms with Crippen LogP contribution in [0.2, 0.25) is 0 Å². The molecule has 1 saturated carbocycles. The summed E-state index contributed by atoms with van der Waals surface area (Å²) in [5.74, 6) is 3.33. The van der Waals surface area contributed by atoms with Crippen molar-refractivity contribution in [3.05, 3.63) is 42.0 Å². The molecule has 0 amide bonds. The maximum Gasteiger partial charge on any atom is 0.193 e. The van der Waals surface area contributed by atoms with Crippen LogP contribution >= 0.6 is 0 Å². The van der Waals surface area contributed by atoms with E-state index in [2.05, 4.69) is 17.4 Å². The van der Waals surface area contributed by atoms with Crippen molar-refractivity contribution in [2.75, 3.05) is 39.3 Å². The Labute approximate surface area is 177 Å². The van der Waals surface area contributed by atoms with Gasteiger partial charge in [0, 0.05) is 17.2 Å². The minimum atomic E-state index is -0.0280. The number of nitrogens with two attached hydrogens (primary N) is 1. The number of rotatable bonds is 6. The summed E-state index contributed by atoms with van der Waals surface area (Å²) < 4.78 is 22.1. The van der Waals surface area contributed by atoms with Crippen molar-refractivity contribution in [2.45, 2.75) is 31.1 Å². The molecule has 1 aliphatic heterocycles. The summed E-state index contributed by atoms with van der Waals surface area (Å²) in [4.78, 5) is 4.70. The molecule has 0 unspecified atom stereocenters. The van der Waals surface area contributed by atoms with Crippen LogP contribution in [0.5, 0.6) is 23.0 Å². The third-order valence-electron chi connectivity index (χ3n) is 5.92. The lowest BCUT2D eigenvalue weighted by molar-refractivity contribution is 0.171. The van der Waals surface area contributed by atoms with Crippen LogP contribution in [0.25, 0.3) is 0 Å². The largest absolute Gasteiger partial charge is 0.493 e. The fourth-order valence-electron chi connectivity index (χ4n) is 4.30. The Morgan fingerprint density at radius 3 is 2.47 bits per heavy atom. The van der Waals surface area contributed by atoms with Gasteiger partial charge in [0.25, 0.3) is 0 Å². The van der Waals surface area contributed by atoms with Crippen LogP contribution in [0.1, 0.15) is 31.2 Å². The Bertz CT molecular complexity index is 923. The summed E-state index contributed by atoms with van der Waals surface area (Å²) >= 11 is 0. The molecule has 7 nitrogen and oxygen atoms in total. The highest BCUT2D eigenvalue weighted by molar-refractivity contribution is 5.92. The van der Waals surface area contributed by atoms with Crippen molar-refractivity contribution in [2.24, 2.45) is 10.7 Å². The van der Waals surface area contributed by atoms with E-state index in [1.54, 1.807) is 14.2 Å². The molecule has 0 bridgehead atoms. The minimum absolute atomic E-state index is 0.0280. The maximum absolute atomic E-state index is 6.22. The van der Waals surface area contributed by atoms with E-state index >= 15 is 0 Å². The van der Waals surface area contributed by atoms with Crippen molar-refractivity contribution in [3.63, 3.8) is 0 Å². The van der Waals surface area contributed by atoms with Crippen LogP contribution in [0, 0.1) is 0 Å². The molecule has 0 aromatic heterocycles. The average molecular weight is 412 g/mol. The second kappa shape index (κ2) is 8.73. The number of methoxy groups -OCH3 is 2. The summed E-state index contributed by atoms with van der Waals surface area (Å²) in [6.07, 6.45) is 4.54. The van der Waals surface area contributed by atoms with Gasteiger partial charge in [0.1, 0.15) is 13.2 Å². The predicted molar refractivity (Wildman–Crippen MR) is 117 cm³/mol. The molecular formula is C23H29N3O4. The van der Waals surface area contributed by atoms with Crippen LogP contribution in [0.3, 0.4) is 0 Å². The third-order valence-corrected chi connectivity index (χ3v) is 5.92. The van der Waals surface area contributed by atoms with Crippen LogP contribution < -0.4 is 30.0 Å². The number of nitrogens with zero attached hydrogens (tertiary/aromatic N) is 1. The van der Waals surface area contributed by atoms with Gasteiger partial charge in [0.2, 0.25) is 0 Å². The van der Waals surface area contributed by atoms with E-state index in [-0.39, 0.29) is 5.41 Å². The molecule has 0 saturated heterocycles. The van der Waals surface area contributed by atoms with Crippen molar-refractivity contribution >= 4 is 11.6 Å². The molecule has 1 aliphatic carbocycles. The SMILES string of the molecule is COc1ccc(NC(N)=NCC2(c3ccc4c(c3)OCCO4)CCCC2)cc1OC. The molecule has 2 aromatic carbocycles. The molecule has 7 heteroatoms. The summed E-state index contributed by atoms with van der Waals surface area (Å²) in [5.41, 5.74) is 8.23. The number of anilines is 1. The number of nitrogens with one attached hydrogen (secondary N) is 1. The molecule has 0 radical (unpaired) electrons. The highest BCUT2D eigenvalue weighted by atomic mass is 16.6. The molecule has 4 rings (SSSR count). The molecule has 0 atom stereocenters. The number of benzene rings is 2. The molecule has 0 spiro atoms. The second-order valence-electron chi connectivity index (χ2n) is 7.74. The fourth-order valence-corrected chi connectivity index (χ4v) is 4.30. The second-order valence-corrected chi connectivity index (χ2v) is 7.74. The number of fused-ring (bicyclic) bond motifs is 1. The normalized spacial score (nSPS) is 17.5. The highest BCUT2D eigenvalue weighted by Gasteiger charge is 2.36. The fraction of sp³-hybridized carbons (Fsp3) is 0.435. The lowest BCUT2D eigenvalue weighted by Gasteiger charge is -2.29. The van der Waals surface area contributed by atoms with Gasteiger partial charge >= 0.3 is 0 Å². The Balaban J connectivity index is 1.51. The zero-order chi connectivity index (χ0) is 21.0. The van der Waals surface area contributed by atoms with Gasteiger partial charge in [-0.3, -0.25) is 4.99 Å². The molecular weight excluding hydrogens is 382 g/mol. The average Bonchev–Trinajstić information content (AvgIpc) is 3.27. The topological polar surface area (TPSA) is 87.3 Å². The van der Waals surface area contributed by atoms with Gasteiger partial charge in [-0.1, -0.05) is 18.9 Å². The molecule has 30 heavy (non-hydrogen) atoms. The summed E-state index contributed by atoms with van der Waals surface area (Å²) in [6, 6.07) is 11.8. The summed E-state index contributed by atoms with van der Waals surface area (Å²) in [6.45, 7) is 1.81. The quantitative estimate of drug-likeness (QED) is 0.557. The van der Waals surface area contributed by atoms with Gasteiger partial charge in [-0.15, -0.1) is 0 Å². The first-order chi connectivity index (χ1) is 14.6. The Kier molecular flexibility index (Phi) is 5.88. The molecule has 3 N–H and O–H groups in total. The summed E-state index contributed by atoms with van der Waals surface area (Å²) in [5, 5.41) is 3.16. The number of ether oxygens (including phenoxy) is 4. The summed E-state index contributed by atoms with van der Waals surface area (Å²) in [7, 11) is 3.22. The van der Waals surface area contributed by atoms with Crippen LogP contribution in [-0.4, -0.2) is 39.9 Å². The van der Waals surface area contributed by atoms with Crippen LogP contribution in [0.15, 0.2) is 41.4 Å². The smallest absolute Gasteiger partial charge is 0.193 e. The van der Waals surface area contributed by atoms with E-state index in [9.17, 15) is 0 Å². The molecule has 160 valence electrons. The Morgan fingerprint density at radius 1 is 1.00 bits per heavy atom. The van der Waals surface area contributed by atoms with E-state index in [4.69, 9.17) is 29.7 Å². The third kappa shape index (κ3) is 4.10. The van der Waals surface area contributed by atoms with Crippen LogP contribution in [0.4, 0.5) is 5.69 Å². The first-order valence-corrected chi connectivity index (χ1v) is 10.3. The van der Waals surface area contributed by atoms with Crippen molar-refractivity contribution in [3.8, 4) is 23.0 Å². The monoisotopic (exact) mass is 411 g/mol. The standard InChI is InChI=1S/C23H29N3O4/c1-27-18-8-6-17(14-20(18)28-2)26-22(24)25-15-23(9-3-4-10-23)16-5-7-19-21(13-16)30-12-11-29-19/h5-8,13-14H,3-4,9-12,15H2,1-2H3,(H3,24,25,26). The van der Waals surface area contributed by atoms with Crippen molar-refractivity contribution < 1.29 is 18.9 Å². The molecule has 2 aliphatic rings. The van der Waals surface area contributed by atoms with Gasteiger partial charge in [-0.05, 0) is 42.7 Å². The Morgan fingerprint density at radius 2 is 1.73 bits per heavy atom. The van der Waals surface area contributed by atoms with Gasteiger partial charge < -0.3 is 30.0 Å². The number of hydrogen-bond donors (Lipinski definition) is 2. The van der Waals surface area contributed by atoms with E-state index in [0.29, 0.717) is 37.2 Å². The lowest BCUT2D eigenvalue weighted by atomic mass is 9.79. The number of hydrogen-bond acceptors (Lipinski definition) is 5. The lowest BCUT2D eigenvalue weighted by Crippen LogP contribution is -2.30. The predicted octanol–water partition coefficient (Wildman–Crippen LogP) is 3.71. The molecule has 2 aromatic rings. The van der Waals surface area contributed by atoms with Crippen molar-refractivity contribution in [1.29, 1.82) is 0 Å². The number of aliphatic imine (C=N–C) groups is 1. The Hall–Kier alpha value is -3.09. The van der Waals surface area contributed by atoms with Gasteiger partial charge in [0.05, 0.1) is 20.8 Å². The highest BCUT2D eigenvalue weighted by Crippen LogP contribution is 2.44. The number of guanidine groups is 1. The van der Waals surface area contributed by atoms with E-state index in [0.717, 1.165) is 30.0 Å². The zero-order valence-electron chi connectivity index (χ0n) is 17.6. The van der Waals surface area contributed by atoms with Gasteiger partial charge in [-0.25, -0.2) is 0 Å². The van der Waals surface area contributed by atoms with E-state index in [1.807, 2.05) is 24.3 Å². The van der Waals surface area contributed by atoms with Gasteiger partial charge in [0.15, 0.2) is 29.0 Å². The molecule has 1 fully saturated rings. The van der Waals surface area contributed by atoms with E-state index < -0.39 is 0 Å². The van der Waals surface area contributed by atoms with Crippen LogP contribution in [-0.2, 0) is 5.41 Å². The van der Waals surface area contributed by atoms with Gasteiger partial charge in [-0.2, -0.15) is 0 Å². The van der Waals surface area contributed by atoms with E-state index in [1.165, 1.54) is 18.4 Å². The first-order valence-electron chi connectivity index (χ1n) is 10.3. The first kappa shape index (κ1) is 20.2.